The van der Waals surface area contributed by atoms with Gasteiger partial charge in [0.2, 0.25) is 10.0 Å². The second-order valence-corrected chi connectivity index (χ2v) is 7.92. The molecule has 1 aliphatic rings. The SMILES string of the molecule is COc1ccc(S(=O)(=O)NCc2ccc3c(c2)CNC3)c(Br)c1. The normalized spacial score (nSPS) is 13.8. The second kappa shape index (κ2) is 6.60. The number of hydrogen-bond donors (Lipinski definition) is 2. The maximum Gasteiger partial charge on any atom is 0.241 e. The monoisotopic (exact) mass is 396 g/mol. The summed E-state index contributed by atoms with van der Waals surface area (Å²) in [5.41, 5.74) is 3.45. The molecule has 0 aromatic heterocycles. The lowest BCUT2D eigenvalue weighted by atomic mass is 10.1. The van der Waals surface area contributed by atoms with Gasteiger partial charge in [0.25, 0.3) is 0 Å². The van der Waals surface area contributed by atoms with E-state index in [1.807, 2.05) is 18.2 Å². The number of ether oxygens (including phenoxy) is 1. The molecule has 2 aromatic rings. The molecule has 0 radical (unpaired) electrons. The van der Waals surface area contributed by atoms with E-state index >= 15 is 0 Å². The van der Waals surface area contributed by atoms with E-state index in [0.29, 0.717) is 10.2 Å². The number of sulfonamides is 1. The number of halogens is 1. The fraction of sp³-hybridized carbons (Fsp3) is 0.250. The van der Waals surface area contributed by atoms with E-state index < -0.39 is 10.0 Å². The van der Waals surface area contributed by atoms with E-state index in [1.54, 1.807) is 12.1 Å². The third-order valence-corrected chi connectivity index (χ3v) is 6.17. The molecule has 0 bridgehead atoms. The zero-order valence-corrected chi connectivity index (χ0v) is 15.0. The lowest BCUT2D eigenvalue weighted by Crippen LogP contribution is -2.23. The average Bonchev–Trinajstić information content (AvgIpc) is 3.00. The summed E-state index contributed by atoms with van der Waals surface area (Å²) >= 11 is 3.28. The van der Waals surface area contributed by atoms with Gasteiger partial charge in [-0.25, -0.2) is 13.1 Å². The van der Waals surface area contributed by atoms with Gasteiger partial charge in [-0.05, 0) is 50.8 Å². The van der Waals surface area contributed by atoms with Crippen molar-refractivity contribution >= 4 is 26.0 Å². The van der Waals surface area contributed by atoms with Crippen LogP contribution >= 0.6 is 15.9 Å². The van der Waals surface area contributed by atoms with Gasteiger partial charge in [-0.2, -0.15) is 0 Å². The number of methoxy groups -OCH3 is 1. The Morgan fingerprint density at radius 1 is 1.17 bits per heavy atom. The largest absolute Gasteiger partial charge is 0.497 e. The summed E-state index contributed by atoms with van der Waals surface area (Å²) < 4.78 is 33.1. The molecule has 0 saturated carbocycles. The summed E-state index contributed by atoms with van der Waals surface area (Å²) in [6.45, 7) is 1.97. The number of hydrogen-bond acceptors (Lipinski definition) is 4. The van der Waals surface area contributed by atoms with Crippen molar-refractivity contribution < 1.29 is 13.2 Å². The van der Waals surface area contributed by atoms with Gasteiger partial charge in [-0.1, -0.05) is 18.2 Å². The van der Waals surface area contributed by atoms with E-state index in [4.69, 9.17) is 4.74 Å². The van der Waals surface area contributed by atoms with E-state index in [1.165, 1.54) is 24.3 Å². The van der Waals surface area contributed by atoms with Crippen LogP contribution in [0.25, 0.3) is 0 Å². The molecule has 7 heteroatoms. The Morgan fingerprint density at radius 2 is 1.96 bits per heavy atom. The molecule has 0 saturated heterocycles. The minimum atomic E-state index is -3.60. The molecule has 0 aliphatic carbocycles. The van der Waals surface area contributed by atoms with Crippen LogP contribution in [0.2, 0.25) is 0 Å². The van der Waals surface area contributed by atoms with Crippen molar-refractivity contribution in [2.24, 2.45) is 0 Å². The lowest BCUT2D eigenvalue weighted by molar-refractivity contribution is 0.414. The van der Waals surface area contributed by atoms with Crippen molar-refractivity contribution in [2.75, 3.05) is 7.11 Å². The van der Waals surface area contributed by atoms with E-state index in [2.05, 4.69) is 26.0 Å². The first kappa shape index (κ1) is 16.4. The molecule has 1 heterocycles. The minimum absolute atomic E-state index is 0.195. The maximum absolute atomic E-state index is 12.5. The van der Waals surface area contributed by atoms with Crippen LogP contribution in [0.1, 0.15) is 16.7 Å². The molecule has 1 aliphatic heterocycles. The zero-order chi connectivity index (χ0) is 16.4. The van der Waals surface area contributed by atoms with Gasteiger partial charge < -0.3 is 10.1 Å². The smallest absolute Gasteiger partial charge is 0.241 e. The van der Waals surface area contributed by atoms with Crippen molar-refractivity contribution in [1.82, 2.24) is 10.0 Å². The molecule has 2 N–H and O–H groups in total. The van der Waals surface area contributed by atoms with Crippen LogP contribution in [0.15, 0.2) is 45.8 Å². The highest BCUT2D eigenvalue weighted by atomic mass is 79.9. The van der Waals surface area contributed by atoms with Gasteiger partial charge in [-0.3, -0.25) is 0 Å². The molecule has 0 amide bonds. The van der Waals surface area contributed by atoms with E-state index in [9.17, 15) is 8.42 Å². The Kier molecular flexibility index (Phi) is 4.72. The average molecular weight is 397 g/mol. The molecule has 0 spiro atoms. The van der Waals surface area contributed by atoms with Crippen LogP contribution in [0, 0.1) is 0 Å². The van der Waals surface area contributed by atoms with Gasteiger partial charge in [0.05, 0.1) is 12.0 Å². The topological polar surface area (TPSA) is 67.4 Å². The highest BCUT2D eigenvalue weighted by molar-refractivity contribution is 9.10. The summed E-state index contributed by atoms with van der Waals surface area (Å²) in [6, 6.07) is 10.8. The fourth-order valence-electron chi connectivity index (χ4n) is 2.54. The Morgan fingerprint density at radius 3 is 2.70 bits per heavy atom. The van der Waals surface area contributed by atoms with Crippen LogP contribution in [-0.4, -0.2) is 15.5 Å². The Balaban J connectivity index is 1.76. The van der Waals surface area contributed by atoms with Crippen molar-refractivity contribution in [3.63, 3.8) is 0 Å². The molecule has 122 valence electrons. The maximum atomic E-state index is 12.5. The first-order valence-corrected chi connectivity index (χ1v) is 9.42. The molecule has 2 aromatic carbocycles. The molecular weight excluding hydrogens is 380 g/mol. The van der Waals surface area contributed by atoms with Crippen LogP contribution in [0.5, 0.6) is 5.75 Å². The predicted octanol–water partition coefficient (Wildman–Crippen LogP) is 2.54. The third-order valence-electron chi connectivity index (χ3n) is 3.80. The Bertz CT molecular complexity index is 837. The molecule has 0 atom stereocenters. The van der Waals surface area contributed by atoms with Gasteiger partial charge in [0, 0.05) is 24.1 Å². The number of fused-ring (bicyclic) bond motifs is 1. The number of benzene rings is 2. The zero-order valence-electron chi connectivity index (χ0n) is 12.6. The van der Waals surface area contributed by atoms with Gasteiger partial charge >= 0.3 is 0 Å². The summed E-state index contributed by atoms with van der Waals surface area (Å²) in [4.78, 5) is 0.195. The van der Waals surface area contributed by atoms with Crippen molar-refractivity contribution in [3.8, 4) is 5.75 Å². The fourth-order valence-corrected chi connectivity index (χ4v) is 4.61. The molecule has 0 unspecified atom stereocenters. The van der Waals surface area contributed by atoms with Crippen molar-refractivity contribution in [1.29, 1.82) is 0 Å². The molecule has 0 fully saturated rings. The second-order valence-electron chi connectivity index (χ2n) is 5.33. The van der Waals surface area contributed by atoms with Crippen molar-refractivity contribution in [3.05, 3.63) is 57.6 Å². The molecular formula is C16H17BrN2O3S. The summed E-state index contributed by atoms with van der Waals surface area (Å²) in [5.74, 6) is 0.599. The number of rotatable bonds is 5. The summed E-state index contributed by atoms with van der Waals surface area (Å²) in [7, 11) is -2.06. The van der Waals surface area contributed by atoms with E-state index in [-0.39, 0.29) is 11.4 Å². The van der Waals surface area contributed by atoms with Crippen LogP contribution in [0.4, 0.5) is 0 Å². The van der Waals surface area contributed by atoms with Crippen LogP contribution in [0.3, 0.4) is 0 Å². The quantitative estimate of drug-likeness (QED) is 0.814. The third kappa shape index (κ3) is 3.58. The highest BCUT2D eigenvalue weighted by Gasteiger charge is 2.18. The van der Waals surface area contributed by atoms with Crippen LogP contribution < -0.4 is 14.8 Å². The van der Waals surface area contributed by atoms with Gasteiger partial charge in [0.1, 0.15) is 5.75 Å². The Labute approximate surface area is 144 Å². The first-order valence-electron chi connectivity index (χ1n) is 7.14. The van der Waals surface area contributed by atoms with Crippen LogP contribution in [-0.2, 0) is 29.7 Å². The molecule has 5 nitrogen and oxygen atoms in total. The summed E-state index contributed by atoms with van der Waals surface area (Å²) in [6.07, 6.45) is 0. The minimum Gasteiger partial charge on any atom is -0.497 e. The molecule has 23 heavy (non-hydrogen) atoms. The first-order chi connectivity index (χ1) is 11.0. The van der Waals surface area contributed by atoms with Crippen molar-refractivity contribution in [2.45, 2.75) is 24.5 Å². The molecule has 3 rings (SSSR count). The predicted molar refractivity (Wildman–Crippen MR) is 91.7 cm³/mol. The highest BCUT2D eigenvalue weighted by Crippen LogP contribution is 2.26. The number of nitrogens with one attached hydrogen (secondary N) is 2. The lowest BCUT2D eigenvalue weighted by Gasteiger charge is -2.10. The summed E-state index contributed by atoms with van der Waals surface area (Å²) in [5, 5.41) is 3.27. The van der Waals surface area contributed by atoms with Gasteiger partial charge in [0.15, 0.2) is 0 Å². The van der Waals surface area contributed by atoms with Gasteiger partial charge in [-0.15, -0.1) is 0 Å². The standard InChI is InChI=1S/C16H17BrN2O3S/c1-22-14-4-5-16(15(17)7-14)23(20,21)19-8-11-2-3-12-9-18-10-13(12)6-11/h2-7,18-19H,8-10H2,1H3. The van der Waals surface area contributed by atoms with E-state index in [0.717, 1.165) is 18.7 Å². The Hall–Kier alpha value is -1.41.